The molecule has 0 aliphatic rings. The maximum absolute atomic E-state index is 11.7. The molecule has 0 heterocycles. The molecule has 5 heteroatoms. The molecule has 0 saturated carbocycles. The van der Waals surface area contributed by atoms with Gasteiger partial charge in [0.15, 0.2) is 5.78 Å². The van der Waals surface area contributed by atoms with Crippen molar-refractivity contribution in [2.24, 2.45) is 0 Å². The molecular formula is C18H14NO3S-. The van der Waals surface area contributed by atoms with Crippen molar-refractivity contribution in [1.29, 1.82) is 0 Å². The lowest BCUT2D eigenvalue weighted by molar-refractivity contribution is 0.101. The lowest BCUT2D eigenvalue weighted by atomic mass is 10.1. The van der Waals surface area contributed by atoms with E-state index in [-0.39, 0.29) is 5.78 Å². The van der Waals surface area contributed by atoms with Gasteiger partial charge in [-0.3, -0.25) is 13.3 Å². The predicted molar refractivity (Wildman–Crippen MR) is 91.5 cm³/mol. The standard InChI is InChI=1S/C18H15NO3S/c1-13(20)14-6-9-17(10-7-14)19(23(21)22)18-11-8-15-4-2-3-5-16(15)12-18/h2-12H,1H3,(H,21,22)/p-1. The van der Waals surface area contributed by atoms with Gasteiger partial charge < -0.3 is 4.55 Å². The van der Waals surface area contributed by atoms with Gasteiger partial charge in [-0.25, -0.2) is 0 Å². The van der Waals surface area contributed by atoms with Crippen LogP contribution in [0.5, 0.6) is 0 Å². The van der Waals surface area contributed by atoms with Crippen LogP contribution in [0, 0.1) is 0 Å². The first-order chi connectivity index (χ1) is 11.1. The smallest absolute Gasteiger partial charge is 0.159 e. The zero-order valence-electron chi connectivity index (χ0n) is 12.4. The Balaban J connectivity index is 2.06. The van der Waals surface area contributed by atoms with E-state index in [1.54, 1.807) is 30.3 Å². The molecule has 3 aromatic rings. The summed E-state index contributed by atoms with van der Waals surface area (Å²) < 4.78 is 24.6. The van der Waals surface area contributed by atoms with Crippen molar-refractivity contribution >= 4 is 39.2 Å². The molecule has 0 aliphatic heterocycles. The van der Waals surface area contributed by atoms with Crippen molar-refractivity contribution in [1.82, 2.24) is 0 Å². The van der Waals surface area contributed by atoms with Gasteiger partial charge in [-0.15, -0.1) is 0 Å². The molecule has 23 heavy (non-hydrogen) atoms. The van der Waals surface area contributed by atoms with Gasteiger partial charge in [0.1, 0.15) is 0 Å². The number of hydrogen-bond acceptors (Lipinski definition) is 3. The van der Waals surface area contributed by atoms with Gasteiger partial charge in [-0.05, 0) is 54.1 Å². The molecule has 0 radical (unpaired) electrons. The van der Waals surface area contributed by atoms with Gasteiger partial charge in [0.2, 0.25) is 0 Å². The van der Waals surface area contributed by atoms with E-state index in [4.69, 9.17) is 0 Å². The number of ketones is 1. The lowest BCUT2D eigenvalue weighted by Crippen LogP contribution is -2.19. The monoisotopic (exact) mass is 324 g/mol. The summed E-state index contributed by atoms with van der Waals surface area (Å²) in [5.41, 5.74) is 1.58. The summed E-state index contributed by atoms with van der Waals surface area (Å²) in [5, 5.41) is 2.00. The van der Waals surface area contributed by atoms with Crippen LogP contribution < -0.4 is 4.31 Å². The van der Waals surface area contributed by atoms with Gasteiger partial charge in [0.05, 0.1) is 22.6 Å². The van der Waals surface area contributed by atoms with Crippen molar-refractivity contribution in [2.75, 3.05) is 4.31 Å². The fourth-order valence-electron chi connectivity index (χ4n) is 2.46. The SMILES string of the molecule is CC(=O)c1ccc(N(c2ccc3ccccc3c2)S(=O)[O-])cc1. The maximum Gasteiger partial charge on any atom is 0.159 e. The van der Waals surface area contributed by atoms with Crippen molar-refractivity contribution < 1.29 is 13.6 Å². The average molecular weight is 324 g/mol. The molecule has 0 aromatic heterocycles. The molecule has 0 amide bonds. The molecule has 0 bridgehead atoms. The largest absolute Gasteiger partial charge is 0.755 e. The van der Waals surface area contributed by atoms with Crippen LogP contribution in [0.15, 0.2) is 66.7 Å². The minimum atomic E-state index is -2.47. The first-order valence-corrected chi connectivity index (χ1v) is 8.09. The highest BCUT2D eigenvalue weighted by molar-refractivity contribution is 7.81. The lowest BCUT2D eigenvalue weighted by Gasteiger charge is -2.26. The molecule has 0 aliphatic carbocycles. The first-order valence-electron chi connectivity index (χ1n) is 7.05. The highest BCUT2D eigenvalue weighted by Crippen LogP contribution is 2.29. The fraction of sp³-hybridized carbons (Fsp3) is 0.0556. The van der Waals surface area contributed by atoms with Gasteiger partial charge >= 0.3 is 0 Å². The second kappa shape index (κ2) is 6.32. The van der Waals surface area contributed by atoms with E-state index >= 15 is 0 Å². The van der Waals surface area contributed by atoms with Crippen LogP contribution in [-0.4, -0.2) is 14.5 Å². The normalized spacial score (nSPS) is 12.1. The van der Waals surface area contributed by atoms with Crippen LogP contribution in [-0.2, 0) is 11.3 Å². The summed E-state index contributed by atoms with van der Waals surface area (Å²) in [5.74, 6) is -0.0583. The highest BCUT2D eigenvalue weighted by atomic mass is 32.2. The molecule has 3 rings (SSSR count). The van der Waals surface area contributed by atoms with E-state index in [0.29, 0.717) is 16.9 Å². The summed E-state index contributed by atoms with van der Waals surface area (Å²) in [6.45, 7) is 1.47. The average Bonchev–Trinajstić information content (AvgIpc) is 2.55. The Labute approximate surface area is 136 Å². The Morgan fingerprint density at radius 3 is 2.13 bits per heavy atom. The third kappa shape index (κ3) is 3.16. The molecule has 1 unspecified atom stereocenters. The van der Waals surface area contributed by atoms with Crippen LogP contribution in [0.4, 0.5) is 11.4 Å². The summed E-state index contributed by atoms with van der Waals surface area (Å²) in [6.07, 6.45) is 0. The fourth-order valence-corrected chi connectivity index (χ4v) is 3.04. The van der Waals surface area contributed by atoms with Crippen LogP contribution in [0.1, 0.15) is 17.3 Å². The van der Waals surface area contributed by atoms with E-state index < -0.39 is 11.3 Å². The zero-order valence-corrected chi connectivity index (χ0v) is 13.2. The number of carbonyl (C=O) groups excluding carboxylic acids is 1. The van der Waals surface area contributed by atoms with E-state index in [2.05, 4.69) is 0 Å². The summed E-state index contributed by atoms with van der Waals surface area (Å²) in [6, 6.07) is 19.7. The minimum Gasteiger partial charge on any atom is -0.755 e. The Morgan fingerprint density at radius 1 is 0.913 bits per heavy atom. The molecule has 1 atom stereocenters. The third-order valence-electron chi connectivity index (χ3n) is 3.62. The molecule has 0 fully saturated rings. The van der Waals surface area contributed by atoms with Crippen molar-refractivity contribution in [3.05, 3.63) is 72.3 Å². The zero-order chi connectivity index (χ0) is 16.4. The van der Waals surface area contributed by atoms with E-state index in [1.165, 1.54) is 11.2 Å². The Hall–Kier alpha value is -2.50. The third-order valence-corrected chi connectivity index (χ3v) is 4.34. The molecule has 0 N–H and O–H groups in total. The molecule has 3 aromatic carbocycles. The van der Waals surface area contributed by atoms with Gasteiger partial charge in [-0.1, -0.05) is 30.3 Å². The number of anilines is 2. The summed E-state index contributed by atoms with van der Waals surface area (Å²) >= 11 is -2.47. The molecule has 116 valence electrons. The van der Waals surface area contributed by atoms with E-state index in [9.17, 15) is 13.6 Å². The van der Waals surface area contributed by atoms with Gasteiger partial charge in [-0.2, -0.15) is 0 Å². The number of hydrogen-bond donors (Lipinski definition) is 0. The predicted octanol–water partition coefficient (Wildman–Crippen LogP) is 3.97. The number of benzene rings is 3. The van der Waals surface area contributed by atoms with Crippen LogP contribution in [0.25, 0.3) is 10.8 Å². The summed E-state index contributed by atoms with van der Waals surface area (Å²) in [7, 11) is 0. The second-order valence-corrected chi connectivity index (χ2v) is 5.95. The van der Waals surface area contributed by atoms with Crippen molar-refractivity contribution in [2.45, 2.75) is 6.92 Å². The minimum absolute atomic E-state index is 0.0583. The van der Waals surface area contributed by atoms with Gasteiger partial charge in [0.25, 0.3) is 0 Å². The molecule has 0 spiro atoms. The van der Waals surface area contributed by atoms with Crippen LogP contribution in [0.3, 0.4) is 0 Å². The summed E-state index contributed by atoms with van der Waals surface area (Å²) in [4.78, 5) is 11.3. The molecule has 4 nitrogen and oxygen atoms in total. The molecule has 0 saturated heterocycles. The first kappa shape index (κ1) is 15.4. The van der Waals surface area contributed by atoms with Crippen molar-refractivity contribution in [3.8, 4) is 0 Å². The van der Waals surface area contributed by atoms with Gasteiger partial charge in [0, 0.05) is 5.56 Å². The second-order valence-electron chi connectivity index (χ2n) is 5.15. The Morgan fingerprint density at radius 2 is 1.52 bits per heavy atom. The van der Waals surface area contributed by atoms with E-state index in [0.717, 1.165) is 10.8 Å². The number of Topliss-reactive ketones (excluding diaryl/α,β-unsaturated/α-hetero) is 1. The van der Waals surface area contributed by atoms with E-state index in [1.807, 2.05) is 36.4 Å². The number of rotatable bonds is 4. The van der Waals surface area contributed by atoms with Crippen LogP contribution in [0.2, 0.25) is 0 Å². The maximum atomic E-state index is 11.7. The molecular weight excluding hydrogens is 310 g/mol. The Bertz CT molecular complexity index is 890. The van der Waals surface area contributed by atoms with Crippen molar-refractivity contribution in [3.63, 3.8) is 0 Å². The number of fused-ring (bicyclic) bond motifs is 1. The number of carbonyl (C=O) groups is 1. The quantitative estimate of drug-likeness (QED) is 0.539. The Kier molecular flexibility index (Phi) is 4.23. The van der Waals surface area contributed by atoms with Crippen LogP contribution >= 0.6 is 0 Å². The highest BCUT2D eigenvalue weighted by Gasteiger charge is 2.11. The number of nitrogens with zero attached hydrogens (tertiary/aromatic N) is 1. The topological polar surface area (TPSA) is 60.4 Å².